The van der Waals surface area contributed by atoms with Crippen molar-refractivity contribution in [3.63, 3.8) is 0 Å². The van der Waals surface area contributed by atoms with Crippen molar-refractivity contribution < 1.29 is 18.7 Å². The molecule has 0 bridgehead atoms. The van der Waals surface area contributed by atoms with E-state index in [-0.39, 0.29) is 24.1 Å². The van der Waals surface area contributed by atoms with Crippen molar-refractivity contribution in [2.75, 3.05) is 18.2 Å². The number of carbonyl (C=O) groups excluding carboxylic acids is 2. The Morgan fingerprint density at radius 3 is 2.75 bits per heavy atom. The molecular weight excluding hydrogens is 315 g/mol. The van der Waals surface area contributed by atoms with E-state index in [2.05, 4.69) is 10.4 Å². The lowest BCUT2D eigenvalue weighted by atomic mass is 10.1. The van der Waals surface area contributed by atoms with Gasteiger partial charge in [0.05, 0.1) is 11.8 Å². The van der Waals surface area contributed by atoms with Gasteiger partial charge in [0.1, 0.15) is 17.6 Å². The number of primary amides is 1. The van der Waals surface area contributed by atoms with E-state index in [1.54, 1.807) is 0 Å². The van der Waals surface area contributed by atoms with E-state index in [1.165, 1.54) is 29.3 Å². The van der Waals surface area contributed by atoms with Crippen molar-refractivity contribution in [3.05, 3.63) is 30.1 Å². The number of nitrogens with zero attached hydrogens (tertiary/aromatic N) is 2. The van der Waals surface area contributed by atoms with Crippen LogP contribution in [0.1, 0.15) is 19.3 Å². The quantitative estimate of drug-likeness (QED) is 0.821. The maximum atomic E-state index is 13.1. The van der Waals surface area contributed by atoms with Crippen molar-refractivity contribution in [1.82, 2.24) is 5.32 Å². The molecule has 2 unspecified atom stereocenters. The number of hydrogen-bond donors (Lipinski definition) is 2. The van der Waals surface area contributed by atoms with Gasteiger partial charge in [-0.2, -0.15) is 5.10 Å². The average molecular weight is 334 g/mol. The number of amides is 2. The van der Waals surface area contributed by atoms with Crippen LogP contribution in [0.4, 0.5) is 10.1 Å². The predicted octanol–water partition coefficient (Wildman–Crippen LogP) is 0.541. The van der Waals surface area contributed by atoms with Gasteiger partial charge >= 0.3 is 0 Å². The van der Waals surface area contributed by atoms with E-state index < -0.39 is 17.8 Å². The third kappa shape index (κ3) is 3.53. The summed E-state index contributed by atoms with van der Waals surface area (Å²) >= 11 is 0. The zero-order valence-corrected chi connectivity index (χ0v) is 13.1. The molecule has 3 rings (SSSR count). The van der Waals surface area contributed by atoms with Crippen molar-refractivity contribution in [3.8, 4) is 0 Å². The Morgan fingerprint density at radius 2 is 2.12 bits per heavy atom. The average Bonchev–Trinajstić information content (AvgIpc) is 3.23. The van der Waals surface area contributed by atoms with Gasteiger partial charge < -0.3 is 15.8 Å². The highest BCUT2D eigenvalue weighted by atomic mass is 19.1. The van der Waals surface area contributed by atoms with E-state index in [9.17, 15) is 14.0 Å². The minimum atomic E-state index is -0.765. The number of nitrogens with one attached hydrogen (secondary N) is 1. The summed E-state index contributed by atoms with van der Waals surface area (Å²) in [5, 5.41) is 8.35. The fourth-order valence-corrected chi connectivity index (χ4v) is 2.81. The van der Waals surface area contributed by atoms with Crippen LogP contribution in [0.5, 0.6) is 0 Å². The van der Waals surface area contributed by atoms with E-state index in [0.29, 0.717) is 18.8 Å². The Bertz CT molecular complexity index is 656. The van der Waals surface area contributed by atoms with Gasteiger partial charge in [-0.15, -0.1) is 0 Å². The Labute approximate surface area is 138 Å². The van der Waals surface area contributed by atoms with Gasteiger partial charge in [0, 0.05) is 19.6 Å². The SMILES string of the molecule is NC(=O)C1CC(C(=O)NCC2CCCO2)=NN1c1ccc(F)cc1. The van der Waals surface area contributed by atoms with Gasteiger partial charge in [0.25, 0.3) is 5.91 Å². The van der Waals surface area contributed by atoms with Gasteiger partial charge in [0.2, 0.25) is 5.91 Å². The molecule has 0 radical (unpaired) electrons. The molecule has 7 nitrogen and oxygen atoms in total. The zero-order valence-electron chi connectivity index (χ0n) is 13.1. The molecule has 128 valence electrons. The molecule has 1 saturated heterocycles. The highest BCUT2D eigenvalue weighted by molar-refractivity contribution is 6.40. The number of ether oxygens (including phenoxy) is 1. The smallest absolute Gasteiger partial charge is 0.267 e. The monoisotopic (exact) mass is 334 g/mol. The van der Waals surface area contributed by atoms with Crippen LogP contribution in [-0.2, 0) is 14.3 Å². The minimum absolute atomic E-state index is 0.0242. The predicted molar refractivity (Wildman–Crippen MR) is 85.9 cm³/mol. The van der Waals surface area contributed by atoms with E-state index in [4.69, 9.17) is 10.5 Å². The van der Waals surface area contributed by atoms with Gasteiger partial charge in [-0.05, 0) is 37.1 Å². The molecule has 2 aliphatic heterocycles. The summed E-state index contributed by atoms with van der Waals surface area (Å²) in [5.41, 5.74) is 6.14. The Hall–Kier alpha value is -2.48. The standard InChI is InChI=1S/C16H19FN4O3/c17-10-3-5-11(6-4-10)21-14(15(18)22)8-13(20-21)16(23)19-9-12-2-1-7-24-12/h3-6,12,14H,1-2,7-9H2,(H2,18,22)(H,19,23). The second-order valence-electron chi connectivity index (χ2n) is 5.84. The van der Waals surface area contributed by atoms with E-state index in [1.807, 2.05) is 0 Å². The number of anilines is 1. The van der Waals surface area contributed by atoms with Gasteiger partial charge in [-0.25, -0.2) is 4.39 Å². The highest BCUT2D eigenvalue weighted by Gasteiger charge is 2.35. The first-order valence-electron chi connectivity index (χ1n) is 7.86. The van der Waals surface area contributed by atoms with Gasteiger partial charge in [-0.3, -0.25) is 14.6 Å². The van der Waals surface area contributed by atoms with Crippen LogP contribution in [0.25, 0.3) is 0 Å². The van der Waals surface area contributed by atoms with Crippen LogP contribution >= 0.6 is 0 Å². The third-order valence-corrected chi connectivity index (χ3v) is 4.11. The van der Waals surface area contributed by atoms with Crippen molar-refractivity contribution >= 4 is 23.2 Å². The summed E-state index contributed by atoms with van der Waals surface area (Å²) in [6.45, 7) is 1.12. The minimum Gasteiger partial charge on any atom is -0.376 e. The van der Waals surface area contributed by atoms with Crippen LogP contribution in [-0.4, -0.2) is 42.8 Å². The molecule has 0 saturated carbocycles. The summed E-state index contributed by atoms with van der Waals surface area (Å²) in [6.07, 6.45) is 2.04. The van der Waals surface area contributed by atoms with Crippen LogP contribution in [0.3, 0.4) is 0 Å². The molecule has 2 aliphatic rings. The number of halogens is 1. The lowest BCUT2D eigenvalue weighted by molar-refractivity contribution is -0.119. The fourth-order valence-electron chi connectivity index (χ4n) is 2.81. The van der Waals surface area contributed by atoms with Crippen LogP contribution in [0, 0.1) is 5.82 Å². The maximum Gasteiger partial charge on any atom is 0.267 e. The molecule has 1 fully saturated rings. The molecule has 2 heterocycles. The Morgan fingerprint density at radius 1 is 1.38 bits per heavy atom. The molecule has 3 N–H and O–H groups in total. The molecule has 2 amide bonds. The number of carbonyl (C=O) groups is 2. The van der Waals surface area contributed by atoms with Crippen LogP contribution in [0.15, 0.2) is 29.4 Å². The lowest BCUT2D eigenvalue weighted by Crippen LogP contribution is -2.40. The normalized spacial score (nSPS) is 23.2. The van der Waals surface area contributed by atoms with Gasteiger partial charge in [0.15, 0.2) is 0 Å². The van der Waals surface area contributed by atoms with Crippen LogP contribution < -0.4 is 16.1 Å². The van der Waals surface area contributed by atoms with E-state index >= 15 is 0 Å². The van der Waals surface area contributed by atoms with Gasteiger partial charge in [-0.1, -0.05) is 0 Å². The molecule has 2 atom stereocenters. The highest BCUT2D eigenvalue weighted by Crippen LogP contribution is 2.25. The number of benzene rings is 1. The summed E-state index contributed by atoms with van der Waals surface area (Å²) in [7, 11) is 0. The molecule has 0 spiro atoms. The maximum absolute atomic E-state index is 13.1. The lowest BCUT2D eigenvalue weighted by Gasteiger charge is -2.20. The molecule has 0 aliphatic carbocycles. The Kier molecular flexibility index (Phi) is 4.75. The summed E-state index contributed by atoms with van der Waals surface area (Å²) in [5.74, 6) is -1.33. The largest absolute Gasteiger partial charge is 0.376 e. The molecule has 24 heavy (non-hydrogen) atoms. The number of rotatable bonds is 5. The van der Waals surface area contributed by atoms with Crippen molar-refractivity contribution in [2.45, 2.75) is 31.4 Å². The fraction of sp³-hybridized carbons (Fsp3) is 0.438. The number of hydrazone groups is 1. The second kappa shape index (κ2) is 6.96. The molecule has 1 aromatic rings. The molecule has 0 aromatic heterocycles. The third-order valence-electron chi connectivity index (χ3n) is 4.11. The summed E-state index contributed by atoms with van der Waals surface area (Å²) in [6, 6.07) is 4.74. The molecular formula is C16H19FN4O3. The zero-order chi connectivity index (χ0) is 17.1. The first-order valence-corrected chi connectivity index (χ1v) is 7.86. The van der Waals surface area contributed by atoms with Crippen molar-refractivity contribution in [1.29, 1.82) is 0 Å². The summed E-state index contributed by atoms with van der Waals surface area (Å²) in [4.78, 5) is 23.9. The molecule has 8 heteroatoms. The molecule has 1 aromatic carbocycles. The first-order chi connectivity index (χ1) is 11.5. The van der Waals surface area contributed by atoms with E-state index in [0.717, 1.165) is 12.8 Å². The van der Waals surface area contributed by atoms with Crippen LogP contribution in [0.2, 0.25) is 0 Å². The Balaban J connectivity index is 1.70. The summed E-state index contributed by atoms with van der Waals surface area (Å²) < 4.78 is 18.5. The second-order valence-corrected chi connectivity index (χ2v) is 5.84. The topological polar surface area (TPSA) is 97.0 Å². The number of nitrogens with two attached hydrogens (primary N) is 1. The number of hydrogen-bond acceptors (Lipinski definition) is 5. The van der Waals surface area contributed by atoms with Crippen molar-refractivity contribution in [2.24, 2.45) is 10.8 Å². The first kappa shape index (κ1) is 16.4.